The molecule has 29 heavy (non-hydrogen) atoms. The van der Waals surface area contributed by atoms with Crippen LogP contribution < -0.4 is 20.7 Å². The third-order valence-corrected chi connectivity index (χ3v) is 3.67. The number of anilines is 2. The Morgan fingerprint density at radius 1 is 1.00 bits per heavy atom. The number of ether oxygens (including phenoxy) is 2. The number of carbonyl (C=O) groups excluding carboxylic acids is 3. The van der Waals surface area contributed by atoms with E-state index in [2.05, 4.69) is 16.0 Å². The van der Waals surface area contributed by atoms with Gasteiger partial charge in [-0.15, -0.1) is 0 Å². The van der Waals surface area contributed by atoms with Crippen molar-refractivity contribution in [1.29, 1.82) is 0 Å². The molecule has 8 heteroatoms. The molecule has 0 saturated heterocycles. The second-order valence-corrected chi connectivity index (χ2v) is 8.70. The second kappa shape index (κ2) is 10.1. The normalized spacial score (nSPS) is 11.4. The van der Waals surface area contributed by atoms with Crippen LogP contribution in [0.3, 0.4) is 0 Å². The number of nitrogens with one attached hydrogen (secondary N) is 3. The summed E-state index contributed by atoms with van der Waals surface area (Å²) in [6.45, 7) is 11.2. The van der Waals surface area contributed by atoms with Gasteiger partial charge in [0.25, 0.3) is 0 Å². The molecule has 1 aromatic carbocycles. The molecule has 1 aromatic rings. The minimum absolute atomic E-state index is 0.0501. The Labute approximate surface area is 172 Å². The molecule has 0 bridgehead atoms. The van der Waals surface area contributed by atoms with E-state index in [1.165, 1.54) is 7.11 Å². The molecule has 0 heterocycles. The molecule has 3 N–H and O–H groups in total. The van der Waals surface area contributed by atoms with E-state index in [4.69, 9.17) is 9.47 Å². The number of benzene rings is 1. The first-order valence-electron chi connectivity index (χ1n) is 9.58. The maximum Gasteiger partial charge on any atom is 0.412 e. The smallest absolute Gasteiger partial charge is 0.412 e. The van der Waals surface area contributed by atoms with Gasteiger partial charge in [0.2, 0.25) is 11.8 Å². The average molecular weight is 408 g/mol. The lowest BCUT2D eigenvalue weighted by molar-refractivity contribution is -0.128. The van der Waals surface area contributed by atoms with Crippen LogP contribution in [0, 0.1) is 5.41 Å². The molecule has 0 atom stereocenters. The van der Waals surface area contributed by atoms with Crippen molar-refractivity contribution in [2.45, 2.75) is 60.0 Å². The summed E-state index contributed by atoms with van der Waals surface area (Å²) in [5, 5.41) is 8.21. The van der Waals surface area contributed by atoms with Gasteiger partial charge in [0.05, 0.1) is 12.8 Å². The van der Waals surface area contributed by atoms with Crippen molar-refractivity contribution in [3.63, 3.8) is 0 Å². The summed E-state index contributed by atoms with van der Waals surface area (Å²) >= 11 is 0. The highest BCUT2D eigenvalue weighted by Crippen LogP contribution is 2.28. The van der Waals surface area contributed by atoms with Crippen molar-refractivity contribution in [1.82, 2.24) is 5.32 Å². The highest BCUT2D eigenvalue weighted by Gasteiger charge is 2.20. The Hall–Kier alpha value is -2.77. The van der Waals surface area contributed by atoms with E-state index >= 15 is 0 Å². The summed E-state index contributed by atoms with van der Waals surface area (Å²) in [7, 11) is 1.49. The zero-order valence-electron chi connectivity index (χ0n) is 18.4. The fourth-order valence-corrected chi connectivity index (χ4v) is 2.24. The Morgan fingerprint density at radius 2 is 1.66 bits per heavy atom. The first kappa shape index (κ1) is 24.3. The van der Waals surface area contributed by atoms with Gasteiger partial charge in [-0.1, -0.05) is 20.8 Å². The summed E-state index contributed by atoms with van der Waals surface area (Å²) in [5.41, 5.74) is -0.188. The van der Waals surface area contributed by atoms with Gasteiger partial charge >= 0.3 is 6.09 Å². The van der Waals surface area contributed by atoms with E-state index in [1.54, 1.807) is 39.0 Å². The maximum atomic E-state index is 12.2. The first-order chi connectivity index (χ1) is 13.3. The van der Waals surface area contributed by atoms with Crippen LogP contribution in [-0.4, -0.2) is 37.2 Å². The fraction of sp³-hybridized carbons (Fsp3) is 0.571. The van der Waals surface area contributed by atoms with E-state index in [9.17, 15) is 14.4 Å². The van der Waals surface area contributed by atoms with Gasteiger partial charge < -0.3 is 20.1 Å². The predicted octanol–water partition coefficient (Wildman–Crippen LogP) is 3.92. The van der Waals surface area contributed by atoms with Gasteiger partial charge in [0.1, 0.15) is 11.4 Å². The molecule has 1 rings (SSSR count). The lowest BCUT2D eigenvalue weighted by Crippen LogP contribution is -2.35. The molecular weight excluding hydrogens is 374 g/mol. The van der Waals surface area contributed by atoms with Crippen molar-refractivity contribution in [2.24, 2.45) is 5.41 Å². The van der Waals surface area contributed by atoms with Crippen molar-refractivity contribution in [3.05, 3.63) is 18.2 Å². The number of carbonyl (C=O) groups is 3. The summed E-state index contributed by atoms with van der Waals surface area (Å²) < 4.78 is 10.5. The topological polar surface area (TPSA) is 106 Å². The second-order valence-electron chi connectivity index (χ2n) is 8.70. The van der Waals surface area contributed by atoms with Crippen molar-refractivity contribution < 1.29 is 23.9 Å². The molecule has 0 aliphatic heterocycles. The van der Waals surface area contributed by atoms with Crippen LogP contribution >= 0.6 is 0 Å². The van der Waals surface area contributed by atoms with Crippen molar-refractivity contribution in [2.75, 3.05) is 24.3 Å². The number of methoxy groups -OCH3 is 1. The van der Waals surface area contributed by atoms with E-state index in [-0.39, 0.29) is 18.2 Å². The molecule has 0 aromatic heterocycles. The van der Waals surface area contributed by atoms with Crippen LogP contribution in [0.2, 0.25) is 0 Å². The van der Waals surface area contributed by atoms with E-state index in [0.29, 0.717) is 30.1 Å². The van der Waals surface area contributed by atoms with Crippen molar-refractivity contribution in [3.8, 4) is 5.75 Å². The molecule has 0 spiro atoms. The maximum absolute atomic E-state index is 12.2. The molecule has 0 radical (unpaired) electrons. The van der Waals surface area contributed by atoms with Gasteiger partial charge in [-0.05, 0) is 45.4 Å². The molecular formula is C21H33N3O5. The first-order valence-corrected chi connectivity index (χ1v) is 9.58. The molecule has 0 fully saturated rings. The lowest BCUT2D eigenvalue weighted by atomic mass is 9.96. The number of hydrogen-bond acceptors (Lipinski definition) is 5. The average Bonchev–Trinajstić information content (AvgIpc) is 2.56. The zero-order chi connectivity index (χ0) is 22.2. The molecule has 162 valence electrons. The predicted molar refractivity (Wildman–Crippen MR) is 113 cm³/mol. The highest BCUT2D eigenvalue weighted by atomic mass is 16.6. The Morgan fingerprint density at radius 3 is 2.21 bits per heavy atom. The quantitative estimate of drug-likeness (QED) is 0.594. The van der Waals surface area contributed by atoms with E-state index in [0.717, 1.165) is 0 Å². The van der Waals surface area contributed by atoms with Crippen LogP contribution in [-0.2, 0) is 14.3 Å². The van der Waals surface area contributed by atoms with E-state index in [1.807, 2.05) is 20.8 Å². The Bertz CT molecular complexity index is 733. The van der Waals surface area contributed by atoms with Gasteiger partial charge in [-0.3, -0.25) is 14.9 Å². The molecule has 0 aliphatic rings. The number of rotatable bonds is 7. The van der Waals surface area contributed by atoms with Gasteiger partial charge in [-0.2, -0.15) is 0 Å². The summed E-state index contributed by atoms with van der Waals surface area (Å²) in [5.74, 6) is 0.202. The van der Waals surface area contributed by atoms with Crippen LogP contribution in [0.25, 0.3) is 0 Å². The minimum Gasteiger partial charge on any atom is -0.495 e. The zero-order valence-corrected chi connectivity index (χ0v) is 18.4. The monoisotopic (exact) mass is 407 g/mol. The van der Waals surface area contributed by atoms with Crippen LogP contribution in [0.15, 0.2) is 18.2 Å². The lowest BCUT2D eigenvalue weighted by Gasteiger charge is -2.20. The van der Waals surface area contributed by atoms with Crippen molar-refractivity contribution >= 4 is 29.3 Å². The fourth-order valence-electron chi connectivity index (χ4n) is 2.24. The van der Waals surface area contributed by atoms with Gasteiger partial charge in [0, 0.05) is 24.1 Å². The van der Waals surface area contributed by atoms with Gasteiger partial charge in [-0.25, -0.2) is 4.79 Å². The van der Waals surface area contributed by atoms with E-state index < -0.39 is 17.1 Å². The molecule has 0 saturated carbocycles. The third-order valence-electron chi connectivity index (χ3n) is 3.67. The standard InChI is InChI=1S/C21H33N3O5/c1-20(2,3)18(26)22-12-8-9-17(25)23-14-10-11-16(28-7)15(13-14)24-19(27)29-21(4,5)6/h10-11,13H,8-9,12H2,1-7H3,(H,22,26)(H,23,25)(H,24,27). The summed E-state index contributed by atoms with van der Waals surface area (Å²) in [6, 6.07) is 4.92. The largest absolute Gasteiger partial charge is 0.495 e. The highest BCUT2D eigenvalue weighted by molar-refractivity contribution is 5.93. The molecule has 0 aliphatic carbocycles. The SMILES string of the molecule is COc1ccc(NC(=O)CCCNC(=O)C(C)(C)C)cc1NC(=O)OC(C)(C)C. The molecule has 0 unspecified atom stereocenters. The molecule has 3 amide bonds. The Balaban J connectivity index is 2.62. The number of hydrogen-bond donors (Lipinski definition) is 3. The van der Waals surface area contributed by atoms with Crippen LogP contribution in [0.5, 0.6) is 5.75 Å². The minimum atomic E-state index is -0.633. The summed E-state index contributed by atoms with van der Waals surface area (Å²) in [6.07, 6.45) is 0.159. The summed E-state index contributed by atoms with van der Waals surface area (Å²) in [4.78, 5) is 36.0. The number of amides is 3. The van der Waals surface area contributed by atoms with Crippen LogP contribution in [0.4, 0.5) is 16.2 Å². The molecule has 8 nitrogen and oxygen atoms in total. The third kappa shape index (κ3) is 9.32. The van der Waals surface area contributed by atoms with Crippen LogP contribution in [0.1, 0.15) is 54.4 Å². The Kier molecular flexibility index (Phi) is 8.48. The van der Waals surface area contributed by atoms with Gasteiger partial charge in [0.15, 0.2) is 0 Å².